The number of ether oxygens (including phenoxy) is 2. The minimum Gasteiger partial charge on any atom is -0.379 e. The molecule has 0 fully saturated rings. The molecule has 3 atom stereocenters. The Kier molecular flexibility index (Phi) is 6.25. The Morgan fingerprint density at radius 2 is 2.06 bits per heavy atom. The molecule has 0 amide bonds. The maximum absolute atomic E-state index is 13.2. The third-order valence-electron chi connectivity index (χ3n) is 2.59. The molecule has 2 N–H and O–H groups in total. The molecule has 3 unspecified atom stereocenters. The predicted octanol–water partition coefficient (Wildman–Crippen LogP) is 2.66. The summed E-state index contributed by atoms with van der Waals surface area (Å²) in [4.78, 5) is 0. The van der Waals surface area contributed by atoms with Gasteiger partial charge < -0.3 is 15.2 Å². The highest BCUT2D eigenvalue weighted by Crippen LogP contribution is 2.22. The second kappa shape index (κ2) is 7.46. The van der Waals surface area contributed by atoms with Crippen LogP contribution in [-0.4, -0.2) is 25.4 Å². The average Bonchev–Trinajstić information content (AvgIpc) is 2.33. The van der Waals surface area contributed by atoms with Gasteiger partial charge in [-0.3, -0.25) is 0 Å². The fourth-order valence-electron chi connectivity index (χ4n) is 1.76. The Morgan fingerprint density at radius 3 is 2.61 bits per heavy atom. The predicted molar refractivity (Wildman–Crippen MR) is 69.8 cm³/mol. The van der Waals surface area contributed by atoms with Crippen LogP contribution in [0.25, 0.3) is 0 Å². The second-order valence-electron chi connectivity index (χ2n) is 4.44. The van der Waals surface area contributed by atoms with Crippen molar-refractivity contribution in [3.8, 4) is 0 Å². The van der Waals surface area contributed by atoms with Crippen molar-refractivity contribution in [3.05, 3.63) is 35.6 Å². The molecule has 0 bridgehead atoms. The van der Waals surface area contributed by atoms with Crippen LogP contribution < -0.4 is 5.73 Å². The van der Waals surface area contributed by atoms with E-state index in [2.05, 4.69) is 0 Å². The van der Waals surface area contributed by atoms with Crippen molar-refractivity contribution in [2.24, 2.45) is 5.73 Å². The number of hydrogen-bond acceptors (Lipinski definition) is 3. The van der Waals surface area contributed by atoms with Gasteiger partial charge in [-0.25, -0.2) is 4.39 Å². The van der Waals surface area contributed by atoms with Crippen LogP contribution in [0.3, 0.4) is 0 Å². The summed E-state index contributed by atoms with van der Waals surface area (Å²) in [6, 6.07) is 6.14. The van der Waals surface area contributed by atoms with Gasteiger partial charge in [-0.05, 0) is 38.5 Å². The van der Waals surface area contributed by atoms with Crippen LogP contribution in [0.15, 0.2) is 24.3 Å². The Bertz CT molecular complexity index is 357. The molecule has 1 aromatic rings. The molecule has 1 aromatic carbocycles. The number of halogens is 1. The normalized spacial score (nSPS) is 16.3. The Labute approximate surface area is 108 Å². The van der Waals surface area contributed by atoms with Crippen LogP contribution in [0.1, 0.15) is 32.4 Å². The van der Waals surface area contributed by atoms with Crippen molar-refractivity contribution in [2.75, 3.05) is 13.2 Å². The van der Waals surface area contributed by atoms with E-state index >= 15 is 0 Å². The quantitative estimate of drug-likeness (QED) is 0.814. The van der Waals surface area contributed by atoms with Gasteiger partial charge in [0, 0.05) is 12.6 Å². The monoisotopic (exact) mass is 255 g/mol. The van der Waals surface area contributed by atoms with E-state index in [0.29, 0.717) is 13.2 Å². The summed E-state index contributed by atoms with van der Waals surface area (Å²) in [5.74, 6) is -0.279. The number of nitrogens with two attached hydrogens (primary N) is 1. The Hall–Kier alpha value is -0.970. The average molecular weight is 255 g/mol. The summed E-state index contributed by atoms with van der Waals surface area (Å²) in [5, 5.41) is 0. The summed E-state index contributed by atoms with van der Waals surface area (Å²) >= 11 is 0. The molecule has 0 radical (unpaired) electrons. The van der Waals surface area contributed by atoms with Gasteiger partial charge >= 0.3 is 0 Å². The smallest absolute Gasteiger partial charge is 0.123 e. The summed E-state index contributed by atoms with van der Waals surface area (Å²) in [6.07, 6.45) is -0.402. The van der Waals surface area contributed by atoms with E-state index in [0.717, 1.165) is 5.56 Å². The first-order valence-electron chi connectivity index (χ1n) is 6.28. The molecule has 0 aliphatic heterocycles. The van der Waals surface area contributed by atoms with E-state index in [1.807, 2.05) is 26.8 Å². The Balaban J connectivity index is 2.71. The van der Waals surface area contributed by atoms with E-state index in [-0.39, 0.29) is 24.1 Å². The summed E-state index contributed by atoms with van der Waals surface area (Å²) in [5.41, 5.74) is 6.67. The van der Waals surface area contributed by atoms with Crippen molar-refractivity contribution in [2.45, 2.75) is 39.0 Å². The highest BCUT2D eigenvalue weighted by Gasteiger charge is 2.20. The number of rotatable bonds is 7. The Morgan fingerprint density at radius 1 is 1.33 bits per heavy atom. The molecule has 0 heterocycles. The highest BCUT2D eigenvalue weighted by molar-refractivity contribution is 5.20. The lowest BCUT2D eigenvalue weighted by atomic mass is 10.0. The van der Waals surface area contributed by atoms with E-state index in [1.54, 1.807) is 6.07 Å². The highest BCUT2D eigenvalue weighted by atomic mass is 19.1. The first kappa shape index (κ1) is 15.1. The third kappa shape index (κ3) is 4.72. The van der Waals surface area contributed by atoms with Gasteiger partial charge in [-0.2, -0.15) is 0 Å². The van der Waals surface area contributed by atoms with Crippen LogP contribution in [-0.2, 0) is 9.47 Å². The SMILES string of the molecule is CCOCC(C)OC(c1cccc(F)c1)C(C)N. The lowest BCUT2D eigenvalue weighted by Gasteiger charge is -2.25. The molecular weight excluding hydrogens is 233 g/mol. The molecule has 4 heteroatoms. The van der Waals surface area contributed by atoms with Crippen molar-refractivity contribution < 1.29 is 13.9 Å². The van der Waals surface area contributed by atoms with Crippen LogP contribution in [0.5, 0.6) is 0 Å². The van der Waals surface area contributed by atoms with Crippen LogP contribution in [0.4, 0.5) is 4.39 Å². The summed E-state index contributed by atoms with van der Waals surface area (Å²) < 4.78 is 24.3. The molecule has 0 aliphatic carbocycles. The number of hydrogen-bond donors (Lipinski definition) is 1. The second-order valence-corrected chi connectivity index (χ2v) is 4.44. The summed E-state index contributed by atoms with van der Waals surface area (Å²) in [6.45, 7) is 6.86. The lowest BCUT2D eigenvalue weighted by molar-refractivity contribution is -0.0551. The number of benzene rings is 1. The van der Waals surface area contributed by atoms with Crippen LogP contribution >= 0.6 is 0 Å². The first-order valence-corrected chi connectivity index (χ1v) is 6.28. The molecule has 0 spiro atoms. The van der Waals surface area contributed by atoms with Gasteiger partial charge in [0.15, 0.2) is 0 Å². The minimum absolute atomic E-state index is 0.0794. The first-order chi connectivity index (χ1) is 8.54. The molecule has 0 saturated heterocycles. The van der Waals surface area contributed by atoms with Crippen LogP contribution in [0, 0.1) is 5.82 Å². The van der Waals surface area contributed by atoms with Crippen LogP contribution in [0.2, 0.25) is 0 Å². The van der Waals surface area contributed by atoms with Gasteiger partial charge in [-0.15, -0.1) is 0 Å². The molecule has 0 saturated carbocycles. The van der Waals surface area contributed by atoms with Crippen molar-refractivity contribution >= 4 is 0 Å². The molecule has 18 heavy (non-hydrogen) atoms. The zero-order chi connectivity index (χ0) is 13.5. The maximum Gasteiger partial charge on any atom is 0.123 e. The topological polar surface area (TPSA) is 44.5 Å². The fraction of sp³-hybridized carbons (Fsp3) is 0.571. The van der Waals surface area contributed by atoms with Gasteiger partial charge in [0.05, 0.1) is 18.8 Å². The maximum atomic E-state index is 13.2. The zero-order valence-electron chi connectivity index (χ0n) is 11.2. The minimum atomic E-state index is -0.323. The molecule has 0 aliphatic rings. The molecule has 3 nitrogen and oxygen atoms in total. The third-order valence-corrected chi connectivity index (χ3v) is 2.59. The molecule has 1 rings (SSSR count). The van der Waals surface area contributed by atoms with Gasteiger partial charge in [0.2, 0.25) is 0 Å². The standard InChI is InChI=1S/C14H22FNO2/c1-4-17-9-10(2)18-14(11(3)16)12-6-5-7-13(15)8-12/h5-8,10-11,14H,4,9,16H2,1-3H3. The molecule has 102 valence electrons. The summed E-state index contributed by atoms with van der Waals surface area (Å²) in [7, 11) is 0. The lowest BCUT2D eigenvalue weighted by Crippen LogP contribution is -2.31. The largest absolute Gasteiger partial charge is 0.379 e. The zero-order valence-corrected chi connectivity index (χ0v) is 11.2. The van der Waals surface area contributed by atoms with Gasteiger partial charge in [-0.1, -0.05) is 12.1 Å². The van der Waals surface area contributed by atoms with Crippen molar-refractivity contribution in [1.82, 2.24) is 0 Å². The van der Waals surface area contributed by atoms with Crippen molar-refractivity contribution in [1.29, 1.82) is 0 Å². The van der Waals surface area contributed by atoms with E-state index < -0.39 is 0 Å². The van der Waals surface area contributed by atoms with E-state index in [4.69, 9.17) is 15.2 Å². The molecule has 0 aromatic heterocycles. The van der Waals surface area contributed by atoms with Crippen molar-refractivity contribution in [3.63, 3.8) is 0 Å². The van der Waals surface area contributed by atoms with Gasteiger partial charge in [0.25, 0.3) is 0 Å². The van der Waals surface area contributed by atoms with E-state index in [9.17, 15) is 4.39 Å². The fourth-order valence-corrected chi connectivity index (χ4v) is 1.76. The van der Waals surface area contributed by atoms with E-state index in [1.165, 1.54) is 12.1 Å². The molecular formula is C14H22FNO2. The van der Waals surface area contributed by atoms with Gasteiger partial charge in [0.1, 0.15) is 5.82 Å².